The summed E-state index contributed by atoms with van der Waals surface area (Å²) in [5.41, 5.74) is 0.688. The van der Waals surface area contributed by atoms with Crippen LogP contribution in [0.5, 0.6) is 0 Å². The Morgan fingerprint density at radius 2 is 2.39 bits per heavy atom. The molecule has 1 aromatic carbocycles. The molecular weight excluding hydrogens is 301 g/mol. The first-order chi connectivity index (χ1) is 11.1. The van der Waals surface area contributed by atoms with Crippen LogP contribution in [0.3, 0.4) is 0 Å². The smallest absolute Gasteiger partial charge is 0.238 e. The second-order valence-corrected chi connectivity index (χ2v) is 5.49. The van der Waals surface area contributed by atoms with Gasteiger partial charge in [-0.3, -0.25) is 9.69 Å². The minimum Gasteiger partial charge on any atom is -0.322 e. The number of anilines is 1. The fourth-order valence-corrected chi connectivity index (χ4v) is 2.52. The van der Waals surface area contributed by atoms with Gasteiger partial charge in [0.1, 0.15) is 12.1 Å². The standard InChI is InChI=1S/C14H18FN7O/c1-10-7-16-4-5-21(10)8-14(23)18-13-6-11(2-3-12(13)15)22-9-17-19-20-22/h2-3,6,9-10,16H,4-5,7-8H2,1H3,(H,18,23)/t10-/m0/s1. The minimum atomic E-state index is -0.497. The van der Waals surface area contributed by atoms with Gasteiger partial charge in [-0.2, -0.15) is 0 Å². The Morgan fingerprint density at radius 3 is 3.13 bits per heavy atom. The minimum absolute atomic E-state index is 0.116. The molecule has 0 radical (unpaired) electrons. The molecule has 23 heavy (non-hydrogen) atoms. The molecule has 1 atom stereocenters. The highest BCUT2D eigenvalue weighted by atomic mass is 19.1. The Labute approximate surface area is 132 Å². The Bertz CT molecular complexity index is 676. The summed E-state index contributed by atoms with van der Waals surface area (Å²) in [5, 5.41) is 16.7. The lowest BCUT2D eigenvalue weighted by molar-refractivity contribution is -0.118. The molecule has 1 amide bonds. The van der Waals surface area contributed by atoms with E-state index in [0.717, 1.165) is 19.6 Å². The van der Waals surface area contributed by atoms with E-state index in [1.165, 1.54) is 23.1 Å². The van der Waals surface area contributed by atoms with E-state index in [1.54, 1.807) is 6.07 Å². The van der Waals surface area contributed by atoms with Crippen molar-refractivity contribution in [2.24, 2.45) is 0 Å². The number of halogens is 1. The number of rotatable bonds is 4. The second-order valence-electron chi connectivity index (χ2n) is 5.49. The van der Waals surface area contributed by atoms with E-state index < -0.39 is 5.82 Å². The molecule has 3 rings (SSSR count). The van der Waals surface area contributed by atoms with Crippen molar-refractivity contribution >= 4 is 11.6 Å². The Kier molecular flexibility index (Phi) is 4.58. The monoisotopic (exact) mass is 319 g/mol. The second kappa shape index (κ2) is 6.80. The first-order valence-electron chi connectivity index (χ1n) is 7.41. The lowest BCUT2D eigenvalue weighted by Crippen LogP contribution is -2.52. The number of carbonyl (C=O) groups excluding carboxylic acids is 1. The number of tetrazole rings is 1. The summed E-state index contributed by atoms with van der Waals surface area (Å²) >= 11 is 0. The maximum Gasteiger partial charge on any atom is 0.238 e. The van der Waals surface area contributed by atoms with E-state index >= 15 is 0 Å². The predicted molar refractivity (Wildman–Crippen MR) is 81.6 cm³/mol. The van der Waals surface area contributed by atoms with E-state index in [2.05, 4.69) is 38.0 Å². The number of nitrogens with one attached hydrogen (secondary N) is 2. The molecule has 0 unspecified atom stereocenters. The van der Waals surface area contributed by atoms with Crippen LogP contribution in [-0.4, -0.2) is 63.2 Å². The van der Waals surface area contributed by atoms with Gasteiger partial charge in [-0.15, -0.1) is 5.10 Å². The van der Waals surface area contributed by atoms with Gasteiger partial charge in [0.15, 0.2) is 0 Å². The van der Waals surface area contributed by atoms with Crippen molar-refractivity contribution in [3.8, 4) is 5.69 Å². The third-order valence-electron chi connectivity index (χ3n) is 3.82. The molecule has 0 aliphatic carbocycles. The molecule has 1 aliphatic heterocycles. The fraction of sp³-hybridized carbons (Fsp3) is 0.429. The summed E-state index contributed by atoms with van der Waals surface area (Å²) in [4.78, 5) is 14.3. The molecule has 1 saturated heterocycles. The summed E-state index contributed by atoms with van der Waals surface area (Å²) in [5.74, 6) is -0.741. The van der Waals surface area contributed by atoms with Crippen molar-refractivity contribution in [3.05, 3.63) is 30.3 Å². The van der Waals surface area contributed by atoms with Crippen LogP contribution in [0.15, 0.2) is 24.5 Å². The van der Waals surface area contributed by atoms with Crippen molar-refractivity contribution in [3.63, 3.8) is 0 Å². The summed E-state index contributed by atoms with van der Waals surface area (Å²) < 4.78 is 15.3. The highest BCUT2D eigenvalue weighted by Crippen LogP contribution is 2.18. The van der Waals surface area contributed by atoms with Crippen LogP contribution >= 0.6 is 0 Å². The lowest BCUT2D eigenvalue weighted by Gasteiger charge is -2.33. The molecule has 2 N–H and O–H groups in total. The third kappa shape index (κ3) is 3.69. The van der Waals surface area contributed by atoms with Crippen LogP contribution in [0, 0.1) is 5.82 Å². The number of carbonyl (C=O) groups is 1. The van der Waals surface area contributed by atoms with Crippen LogP contribution < -0.4 is 10.6 Å². The van der Waals surface area contributed by atoms with E-state index in [4.69, 9.17) is 0 Å². The quantitative estimate of drug-likeness (QED) is 0.827. The van der Waals surface area contributed by atoms with Gasteiger partial charge in [0.05, 0.1) is 17.9 Å². The largest absolute Gasteiger partial charge is 0.322 e. The molecular formula is C14H18FN7O. The zero-order valence-corrected chi connectivity index (χ0v) is 12.7. The average molecular weight is 319 g/mol. The molecule has 9 heteroatoms. The van der Waals surface area contributed by atoms with Crippen LogP contribution in [-0.2, 0) is 4.79 Å². The first-order valence-corrected chi connectivity index (χ1v) is 7.41. The van der Waals surface area contributed by atoms with Gasteiger partial charge >= 0.3 is 0 Å². The number of hydrogen-bond donors (Lipinski definition) is 2. The zero-order valence-electron chi connectivity index (χ0n) is 12.7. The van der Waals surface area contributed by atoms with Crippen molar-refractivity contribution < 1.29 is 9.18 Å². The molecule has 1 fully saturated rings. The average Bonchev–Trinajstić information content (AvgIpc) is 3.06. The van der Waals surface area contributed by atoms with Crippen LogP contribution in [0.25, 0.3) is 5.69 Å². The molecule has 8 nitrogen and oxygen atoms in total. The van der Waals surface area contributed by atoms with E-state index in [-0.39, 0.29) is 24.2 Å². The van der Waals surface area contributed by atoms with Gasteiger partial charge in [0.25, 0.3) is 0 Å². The molecule has 0 saturated carbocycles. The highest BCUT2D eigenvalue weighted by molar-refractivity contribution is 5.92. The lowest BCUT2D eigenvalue weighted by atomic mass is 10.2. The maximum atomic E-state index is 13.9. The number of hydrogen-bond acceptors (Lipinski definition) is 6. The number of amides is 1. The van der Waals surface area contributed by atoms with Crippen molar-refractivity contribution in [2.75, 3.05) is 31.5 Å². The third-order valence-corrected chi connectivity index (χ3v) is 3.82. The highest BCUT2D eigenvalue weighted by Gasteiger charge is 2.20. The van der Waals surface area contributed by atoms with Crippen LogP contribution in [0.1, 0.15) is 6.92 Å². The molecule has 2 aromatic rings. The van der Waals surface area contributed by atoms with E-state index in [1.807, 2.05) is 0 Å². The van der Waals surface area contributed by atoms with Gasteiger partial charge in [0.2, 0.25) is 5.91 Å². The summed E-state index contributed by atoms with van der Waals surface area (Å²) in [7, 11) is 0. The van der Waals surface area contributed by atoms with Crippen molar-refractivity contribution in [1.82, 2.24) is 30.4 Å². The predicted octanol–water partition coefficient (Wildman–Crippen LogP) is 0.0336. The van der Waals surface area contributed by atoms with E-state index in [0.29, 0.717) is 5.69 Å². The van der Waals surface area contributed by atoms with Crippen LogP contribution in [0.2, 0.25) is 0 Å². The van der Waals surface area contributed by atoms with Crippen molar-refractivity contribution in [2.45, 2.75) is 13.0 Å². The molecule has 0 bridgehead atoms. The number of nitrogens with zero attached hydrogens (tertiary/aromatic N) is 5. The van der Waals surface area contributed by atoms with Crippen LogP contribution in [0.4, 0.5) is 10.1 Å². The number of piperazine rings is 1. The normalized spacial score (nSPS) is 18.8. The van der Waals surface area contributed by atoms with Gasteiger partial charge in [0, 0.05) is 25.7 Å². The Balaban J connectivity index is 1.69. The van der Waals surface area contributed by atoms with Gasteiger partial charge in [-0.25, -0.2) is 9.07 Å². The maximum absolute atomic E-state index is 13.9. The van der Waals surface area contributed by atoms with Gasteiger partial charge < -0.3 is 10.6 Å². The van der Waals surface area contributed by atoms with Gasteiger partial charge in [-0.1, -0.05) is 0 Å². The molecule has 1 aliphatic rings. The SMILES string of the molecule is C[C@H]1CNCCN1CC(=O)Nc1cc(-n2cnnn2)ccc1F. The summed E-state index contributed by atoms with van der Waals surface area (Å²) in [6, 6.07) is 4.59. The van der Waals surface area contributed by atoms with Gasteiger partial charge in [-0.05, 0) is 35.5 Å². The molecule has 122 valence electrons. The number of aromatic nitrogens is 4. The van der Waals surface area contributed by atoms with E-state index in [9.17, 15) is 9.18 Å². The molecule has 1 aromatic heterocycles. The molecule has 2 heterocycles. The fourth-order valence-electron chi connectivity index (χ4n) is 2.52. The summed E-state index contributed by atoms with van der Waals surface area (Å²) in [6.07, 6.45) is 1.40. The summed E-state index contributed by atoms with van der Waals surface area (Å²) in [6.45, 7) is 4.77. The first kappa shape index (κ1) is 15.5. The topological polar surface area (TPSA) is 88.0 Å². The Hall–Kier alpha value is -2.39. The molecule has 0 spiro atoms. The van der Waals surface area contributed by atoms with Crippen molar-refractivity contribution in [1.29, 1.82) is 0 Å². The number of benzene rings is 1. The zero-order chi connectivity index (χ0) is 16.2. The Morgan fingerprint density at radius 1 is 1.52 bits per heavy atom.